The molecule has 0 spiro atoms. The predicted molar refractivity (Wildman–Crippen MR) is 70.0 cm³/mol. The molecular weight excluding hydrogens is 228 g/mol. The maximum Gasteiger partial charge on any atom is 0.244 e. The van der Waals surface area contributed by atoms with Crippen molar-refractivity contribution in [2.45, 2.75) is 57.9 Å². The van der Waals surface area contributed by atoms with Crippen molar-refractivity contribution < 1.29 is 9.59 Å². The van der Waals surface area contributed by atoms with Crippen LogP contribution in [0.1, 0.15) is 51.9 Å². The molecule has 2 fully saturated rings. The van der Waals surface area contributed by atoms with Gasteiger partial charge in [0.05, 0.1) is 0 Å². The number of amides is 2. The Hall–Kier alpha value is -1.06. The van der Waals surface area contributed by atoms with Crippen LogP contribution in [0.5, 0.6) is 0 Å². The Morgan fingerprint density at radius 2 is 1.67 bits per heavy atom. The molecule has 1 N–H and O–H groups in total. The van der Waals surface area contributed by atoms with E-state index in [-0.39, 0.29) is 23.8 Å². The Bertz CT molecular complexity index is 305. The minimum Gasteiger partial charge on any atom is -0.344 e. The Kier molecular flexibility index (Phi) is 4.61. The largest absolute Gasteiger partial charge is 0.344 e. The maximum absolute atomic E-state index is 12.1. The Balaban J connectivity index is 1.80. The predicted octanol–water partition coefficient (Wildman–Crippen LogP) is 1.69. The van der Waals surface area contributed by atoms with Gasteiger partial charge in [0.15, 0.2) is 0 Å². The van der Waals surface area contributed by atoms with E-state index >= 15 is 0 Å². The molecule has 1 aliphatic heterocycles. The van der Waals surface area contributed by atoms with Crippen molar-refractivity contribution in [2.24, 2.45) is 5.92 Å². The van der Waals surface area contributed by atoms with Crippen LogP contribution in [0.25, 0.3) is 0 Å². The molecule has 0 aromatic rings. The van der Waals surface area contributed by atoms with Gasteiger partial charge in [0, 0.05) is 19.0 Å². The van der Waals surface area contributed by atoms with Crippen molar-refractivity contribution in [3.8, 4) is 0 Å². The summed E-state index contributed by atoms with van der Waals surface area (Å²) < 4.78 is 0. The first-order valence-electron chi connectivity index (χ1n) is 7.27. The zero-order valence-electron chi connectivity index (χ0n) is 11.3. The van der Waals surface area contributed by atoms with Gasteiger partial charge in [-0.2, -0.15) is 0 Å². The Morgan fingerprint density at radius 1 is 1.06 bits per heavy atom. The van der Waals surface area contributed by atoms with Crippen molar-refractivity contribution in [3.05, 3.63) is 0 Å². The van der Waals surface area contributed by atoms with Crippen molar-refractivity contribution in [1.82, 2.24) is 10.2 Å². The van der Waals surface area contributed by atoms with E-state index < -0.39 is 0 Å². The first-order chi connectivity index (χ1) is 8.68. The molecule has 1 aliphatic carbocycles. The highest BCUT2D eigenvalue weighted by Gasteiger charge is 2.27. The number of likely N-dealkylation sites (tertiary alicyclic amines) is 1. The van der Waals surface area contributed by atoms with Gasteiger partial charge in [-0.25, -0.2) is 0 Å². The number of hydrogen-bond donors (Lipinski definition) is 1. The summed E-state index contributed by atoms with van der Waals surface area (Å²) in [6.45, 7) is 3.51. The summed E-state index contributed by atoms with van der Waals surface area (Å²) in [6, 6.07) is -0.363. The summed E-state index contributed by atoms with van der Waals surface area (Å²) in [4.78, 5) is 26.0. The molecule has 4 nitrogen and oxygen atoms in total. The zero-order chi connectivity index (χ0) is 13.0. The minimum atomic E-state index is -0.363. The molecule has 0 aromatic carbocycles. The van der Waals surface area contributed by atoms with E-state index in [4.69, 9.17) is 0 Å². The molecular formula is C14H24N2O2. The normalized spacial score (nSPS) is 22.8. The lowest BCUT2D eigenvalue weighted by Gasteiger charge is -2.25. The van der Waals surface area contributed by atoms with Crippen molar-refractivity contribution in [2.75, 3.05) is 13.1 Å². The topological polar surface area (TPSA) is 49.4 Å². The van der Waals surface area contributed by atoms with E-state index in [1.54, 1.807) is 6.92 Å². The summed E-state index contributed by atoms with van der Waals surface area (Å²) in [7, 11) is 0. The van der Waals surface area contributed by atoms with E-state index in [2.05, 4.69) is 5.32 Å². The Morgan fingerprint density at radius 3 is 2.28 bits per heavy atom. The molecule has 102 valence electrons. The van der Waals surface area contributed by atoms with Crippen LogP contribution in [0.2, 0.25) is 0 Å². The lowest BCUT2D eigenvalue weighted by atomic mass is 9.88. The molecule has 1 heterocycles. The second-order valence-electron chi connectivity index (χ2n) is 5.60. The highest BCUT2D eigenvalue weighted by molar-refractivity contribution is 5.88. The van der Waals surface area contributed by atoms with Gasteiger partial charge in [-0.05, 0) is 32.6 Å². The maximum atomic E-state index is 12.1. The SMILES string of the molecule is C[C@H](NC(=O)C1CCCCC1)C(=O)N1CCCC1. The smallest absolute Gasteiger partial charge is 0.244 e. The average molecular weight is 252 g/mol. The molecule has 0 unspecified atom stereocenters. The fourth-order valence-electron chi connectivity index (χ4n) is 2.97. The van der Waals surface area contributed by atoms with Crippen LogP contribution < -0.4 is 5.32 Å². The fourth-order valence-corrected chi connectivity index (χ4v) is 2.97. The van der Waals surface area contributed by atoms with Gasteiger partial charge in [-0.3, -0.25) is 9.59 Å². The first-order valence-corrected chi connectivity index (χ1v) is 7.27. The number of rotatable bonds is 3. The second kappa shape index (κ2) is 6.21. The molecule has 1 atom stereocenters. The number of nitrogens with zero attached hydrogens (tertiary/aromatic N) is 1. The van der Waals surface area contributed by atoms with E-state index in [0.29, 0.717) is 0 Å². The van der Waals surface area contributed by atoms with Gasteiger partial charge in [-0.15, -0.1) is 0 Å². The lowest BCUT2D eigenvalue weighted by Crippen LogP contribution is -2.47. The number of carbonyl (C=O) groups excluding carboxylic acids is 2. The van der Waals surface area contributed by atoms with Crippen LogP contribution >= 0.6 is 0 Å². The van der Waals surface area contributed by atoms with Gasteiger partial charge in [0.1, 0.15) is 6.04 Å². The van der Waals surface area contributed by atoms with E-state index in [9.17, 15) is 9.59 Å². The molecule has 0 aromatic heterocycles. The van der Waals surface area contributed by atoms with Crippen LogP contribution in [-0.4, -0.2) is 35.8 Å². The molecule has 2 amide bonds. The first kappa shape index (κ1) is 13.4. The number of hydrogen-bond acceptors (Lipinski definition) is 2. The third-order valence-corrected chi connectivity index (χ3v) is 4.12. The van der Waals surface area contributed by atoms with Crippen LogP contribution in [0.15, 0.2) is 0 Å². The van der Waals surface area contributed by atoms with Gasteiger partial charge in [0.25, 0.3) is 0 Å². The molecule has 0 bridgehead atoms. The molecule has 1 saturated heterocycles. The van der Waals surface area contributed by atoms with E-state index in [1.807, 2.05) is 4.90 Å². The minimum absolute atomic E-state index is 0.0785. The molecule has 1 saturated carbocycles. The Labute approximate surface area is 109 Å². The number of nitrogens with one attached hydrogen (secondary N) is 1. The second-order valence-corrected chi connectivity index (χ2v) is 5.60. The van der Waals surface area contributed by atoms with Gasteiger partial charge in [0.2, 0.25) is 11.8 Å². The van der Waals surface area contributed by atoms with E-state index in [0.717, 1.165) is 51.6 Å². The van der Waals surface area contributed by atoms with Gasteiger partial charge >= 0.3 is 0 Å². The standard InChI is InChI=1S/C14H24N2O2/c1-11(14(18)16-9-5-6-10-16)15-13(17)12-7-3-2-4-8-12/h11-12H,2-10H2,1H3,(H,15,17)/t11-/m0/s1. The third kappa shape index (κ3) is 3.24. The van der Waals surface area contributed by atoms with Crippen molar-refractivity contribution >= 4 is 11.8 Å². The third-order valence-electron chi connectivity index (χ3n) is 4.12. The van der Waals surface area contributed by atoms with Gasteiger partial charge in [-0.1, -0.05) is 19.3 Å². The summed E-state index contributed by atoms with van der Waals surface area (Å²) in [5.41, 5.74) is 0. The van der Waals surface area contributed by atoms with Gasteiger partial charge < -0.3 is 10.2 Å². The van der Waals surface area contributed by atoms with Crippen LogP contribution in [0.4, 0.5) is 0 Å². The monoisotopic (exact) mass is 252 g/mol. The highest BCUT2D eigenvalue weighted by atomic mass is 16.2. The number of carbonyl (C=O) groups is 2. The summed E-state index contributed by atoms with van der Waals surface area (Å²) in [6.07, 6.45) is 7.68. The molecule has 2 rings (SSSR count). The lowest BCUT2D eigenvalue weighted by molar-refractivity contribution is -0.136. The summed E-state index contributed by atoms with van der Waals surface area (Å²) in [5.74, 6) is 0.291. The molecule has 0 radical (unpaired) electrons. The van der Waals surface area contributed by atoms with Crippen LogP contribution in [0.3, 0.4) is 0 Å². The van der Waals surface area contributed by atoms with Crippen LogP contribution in [0, 0.1) is 5.92 Å². The van der Waals surface area contributed by atoms with Crippen molar-refractivity contribution in [3.63, 3.8) is 0 Å². The van der Waals surface area contributed by atoms with Crippen molar-refractivity contribution in [1.29, 1.82) is 0 Å². The van der Waals surface area contributed by atoms with E-state index in [1.165, 1.54) is 6.42 Å². The zero-order valence-corrected chi connectivity index (χ0v) is 11.3. The average Bonchev–Trinajstić information content (AvgIpc) is 2.92. The van der Waals surface area contributed by atoms with Crippen LogP contribution in [-0.2, 0) is 9.59 Å². The summed E-state index contributed by atoms with van der Waals surface area (Å²) in [5, 5.41) is 2.90. The molecule has 2 aliphatic rings. The quantitative estimate of drug-likeness (QED) is 0.831. The summed E-state index contributed by atoms with van der Waals surface area (Å²) >= 11 is 0. The highest BCUT2D eigenvalue weighted by Crippen LogP contribution is 2.23. The molecule has 4 heteroatoms. The molecule has 18 heavy (non-hydrogen) atoms. The fraction of sp³-hybridized carbons (Fsp3) is 0.857.